The summed E-state index contributed by atoms with van der Waals surface area (Å²) in [5, 5.41) is 16.7. The molecule has 6 atom stereocenters. The molecule has 17 heteroatoms. The number of aryl methyl sites for hydroxylation is 1. The molecule has 8 rings (SSSR count). The number of likely N-dealkylation sites (N-methyl/N-ethyl adjacent to an activating group) is 2. The zero-order chi connectivity index (χ0) is 50.2. The third-order valence-electron chi connectivity index (χ3n) is 14.5. The Hall–Kier alpha value is -5.88. The van der Waals surface area contributed by atoms with E-state index in [2.05, 4.69) is 59.2 Å². The lowest BCUT2D eigenvalue weighted by molar-refractivity contribution is -0.155. The summed E-state index contributed by atoms with van der Waals surface area (Å²) in [6, 6.07) is 12.6. The number of nitrogens with one attached hydrogen (secondary N) is 2. The number of hydrazine groups is 1. The van der Waals surface area contributed by atoms with Crippen LogP contribution < -0.4 is 10.7 Å². The van der Waals surface area contributed by atoms with Crippen molar-refractivity contribution in [2.45, 2.75) is 117 Å². The van der Waals surface area contributed by atoms with Crippen LogP contribution in [0.15, 0.2) is 54.7 Å². The van der Waals surface area contributed by atoms with Crippen LogP contribution in [0.1, 0.15) is 83.7 Å². The highest BCUT2D eigenvalue weighted by molar-refractivity contribution is 5.96. The topological polar surface area (TPSA) is 188 Å². The Morgan fingerprint density at radius 3 is 2.53 bits per heavy atom. The van der Waals surface area contributed by atoms with Gasteiger partial charge in [-0.2, -0.15) is 0 Å². The number of fused-ring (bicyclic) bond motifs is 6. The normalized spacial score (nSPS) is 22.4. The Labute approximate surface area is 410 Å². The Morgan fingerprint density at radius 1 is 1.06 bits per heavy atom. The molecule has 0 aliphatic carbocycles. The van der Waals surface area contributed by atoms with Crippen LogP contribution in [0.3, 0.4) is 0 Å². The number of amides is 4. The average Bonchev–Trinajstić information content (AvgIpc) is 4.04. The second-order valence-electron chi connectivity index (χ2n) is 20.6. The fourth-order valence-corrected chi connectivity index (χ4v) is 10.4. The van der Waals surface area contributed by atoms with E-state index >= 15 is 0 Å². The predicted molar refractivity (Wildman–Crippen MR) is 264 cm³/mol. The number of phenols is 1. The van der Waals surface area contributed by atoms with Crippen LogP contribution in [0.4, 0.5) is 0 Å². The minimum atomic E-state index is -1.17. The smallest absolute Gasteiger partial charge is 0.324 e. The van der Waals surface area contributed by atoms with Gasteiger partial charge in [0.1, 0.15) is 29.9 Å². The number of esters is 1. The van der Waals surface area contributed by atoms with Gasteiger partial charge in [-0.15, -0.1) is 0 Å². The van der Waals surface area contributed by atoms with Crippen molar-refractivity contribution >= 4 is 40.5 Å². The van der Waals surface area contributed by atoms with Crippen molar-refractivity contribution in [1.82, 2.24) is 40.0 Å². The molecule has 376 valence electrons. The van der Waals surface area contributed by atoms with Gasteiger partial charge < -0.3 is 39.0 Å². The number of aromatic hydroxyl groups is 1. The molecule has 4 aliphatic heterocycles. The number of rotatable bonds is 13. The molecule has 4 amide bonds. The first-order chi connectivity index (χ1) is 33.4. The van der Waals surface area contributed by atoms with Crippen molar-refractivity contribution in [3.63, 3.8) is 0 Å². The van der Waals surface area contributed by atoms with Crippen LogP contribution >= 0.6 is 0 Å². The lowest BCUT2D eigenvalue weighted by Crippen LogP contribution is -2.62. The van der Waals surface area contributed by atoms with E-state index in [1.165, 1.54) is 9.91 Å². The minimum Gasteiger partial charge on any atom is -0.508 e. The van der Waals surface area contributed by atoms with Gasteiger partial charge in [0, 0.05) is 88.3 Å². The van der Waals surface area contributed by atoms with Gasteiger partial charge in [0.15, 0.2) is 0 Å². The summed E-state index contributed by atoms with van der Waals surface area (Å²) in [5.74, 6) is -2.24. The van der Waals surface area contributed by atoms with Crippen molar-refractivity contribution < 1.29 is 43.3 Å². The summed E-state index contributed by atoms with van der Waals surface area (Å²) in [4.78, 5) is 80.1. The largest absolute Gasteiger partial charge is 0.508 e. The molecule has 70 heavy (non-hydrogen) atoms. The monoisotopic (exact) mass is 963 g/mol. The Balaban J connectivity index is 1.13. The van der Waals surface area contributed by atoms with Crippen molar-refractivity contribution in [2.24, 2.45) is 11.3 Å². The molecular weight excluding hydrogens is 893 g/mol. The fraction of sp³-hybridized carbons (Fsp3) is 0.547. The quantitative estimate of drug-likeness (QED) is 0.122. The number of carbonyl (C=O) groups excluding carboxylic acids is 5. The molecule has 4 aromatic rings. The number of aromatic nitrogens is 2. The van der Waals surface area contributed by atoms with Crippen LogP contribution in [0.2, 0.25) is 0 Å². The molecule has 0 radical (unpaired) electrons. The van der Waals surface area contributed by atoms with Crippen molar-refractivity contribution in [2.75, 3.05) is 60.7 Å². The zero-order valence-corrected chi connectivity index (χ0v) is 42.1. The molecule has 6 bridgehead atoms. The molecule has 6 heterocycles. The first-order valence-corrected chi connectivity index (χ1v) is 24.7. The Morgan fingerprint density at radius 2 is 1.83 bits per heavy atom. The maximum Gasteiger partial charge on any atom is 0.324 e. The van der Waals surface area contributed by atoms with E-state index in [-0.39, 0.29) is 74.2 Å². The standard InChI is InChI=1S/C53H70N8O9/c1-10-59-43-16-15-34-25-39(43)40(48(59)38-13-11-18-54-46(38)32(4)68-9)26-53(5,6)30-70-52(67)41-14-12-19-61(56-41)50(65)42(23-33-21-35(34)24-37(62)22-33)55-49(64)47(31(2)3)58(8)45(63)17-20-57(7)51(66)44-27-60(44)36-28-69-29-36/h11,13,15-16,18,21-22,24-25,31-32,36,41-42,44,47,56,62H,10,12,14,17,19-20,23,26-30H2,1-9H3,(H,55,64)/t32-,41-,42-,44+,47-,60?/m0/s1. The number of ether oxygens (including phenoxy) is 3. The summed E-state index contributed by atoms with van der Waals surface area (Å²) in [5.41, 5.74) is 9.52. The summed E-state index contributed by atoms with van der Waals surface area (Å²) in [7, 11) is 4.93. The number of carbonyl (C=O) groups is 5. The van der Waals surface area contributed by atoms with E-state index in [1.54, 1.807) is 44.4 Å². The first-order valence-electron chi connectivity index (χ1n) is 24.7. The lowest BCUT2D eigenvalue weighted by atomic mass is 9.84. The number of phenolic OH excluding ortho intramolecular Hbond substituents is 1. The van der Waals surface area contributed by atoms with E-state index in [0.717, 1.165) is 39.0 Å². The number of methoxy groups -OCH3 is 1. The molecule has 3 N–H and O–H groups in total. The summed E-state index contributed by atoms with van der Waals surface area (Å²) >= 11 is 0. The Bertz CT molecular complexity index is 2630. The molecule has 17 nitrogen and oxygen atoms in total. The minimum absolute atomic E-state index is 0.00455. The molecule has 3 saturated heterocycles. The second kappa shape index (κ2) is 20.8. The number of nitrogens with zero attached hydrogens (tertiary/aromatic N) is 6. The summed E-state index contributed by atoms with van der Waals surface area (Å²) < 4.78 is 19.5. The number of pyridine rings is 1. The maximum atomic E-state index is 14.8. The molecular formula is C53H70N8O9. The highest BCUT2D eigenvalue weighted by Crippen LogP contribution is 2.42. The van der Waals surface area contributed by atoms with Gasteiger partial charge in [-0.25, -0.2) is 5.43 Å². The molecule has 2 aromatic heterocycles. The molecule has 2 aromatic carbocycles. The Kier molecular flexibility index (Phi) is 15.0. The van der Waals surface area contributed by atoms with Crippen LogP contribution in [0, 0.1) is 11.3 Å². The first kappa shape index (κ1) is 50.5. The van der Waals surface area contributed by atoms with Crippen LogP contribution in [0.5, 0.6) is 5.75 Å². The second-order valence-corrected chi connectivity index (χ2v) is 20.6. The molecule has 3 fully saturated rings. The van der Waals surface area contributed by atoms with Crippen molar-refractivity contribution in [1.29, 1.82) is 0 Å². The van der Waals surface area contributed by atoms with Gasteiger partial charge in [0.05, 0.1) is 43.4 Å². The van der Waals surface area contributed by atoms with Gasteiger partial charge in [0.2, 0.25) is 17.7 Å². The van der Waals surface area contributed by atoms with Crippen molar-refractivity contribution in [3.8, 4) is 28.1 Å². The fourth-order valence-electron chi connectivity index (χ4n) is 10.4. The highest BCUT2D eigenvalue weighted by atomic mass is 16.5. The number of hydrogen-bond acceptors (Lipinski definition) is 12. The van der Waals surface area contributed by atoms with Gasteiger partial charge in [-0.1, -0.05) is 39.8 Å². The van der Waals surface area contributed by atoms with Crippen LogP contribution in [0.25, 0.3) is 33.3 Å². The predicted octanol–water partition coefficient (Wildman–Crippen LogP) is 4.87. The SMILES string of the molecule is CCn1c(-c2cccnc2[C@H](C)OC)c2c3cc(ccc31)-c1cc(O)cc(c1)C[C@H](NC(=O)[C@H](C(C)C)N(C)C(=O)CCN(C)C(=O)[C@H]1CN1C1COC1)C(=O)N1CCC[C@H](N1)C(=O)OCC(C)(C)C2. The van der Waals surface area contributed by atoms with Crippen molar-refractivity contribution in [3.05, 3.63) is 71.5 Å². The van der Waals surface area contributed by atoms with E-state index in [4.69, 9.17) is 19.2 Å². The molecule has 0 saturated carbocycles. The van der Waals surface area contributed by atoms with E-state index < -0.39 is 41.3 Å². The van der Waals surface area contributed by atoms with Gasteiger partial charge >= 0.3 is 5.97 Å². The van der Waals surface area contributed by atoms with Gasteiger partial charge in [-0.05, 0) is 97.7 Å². The number of benzene rings is 2. The van der Waals surface area contributed by atoms with E-state index in [0.29, 0.717) is 56.7 Å². The van der Waals surface area contributed by atoms with Crippen LogP contribution in [-0.4, -0.2) is 155 Å². The maximum absolute atomic E-state index is 14.8. The van der Waals surface area contributed by atoms with E-state index in [9.17, 15) is 29.1 Å². The van der Waals surface area contributed by atoms with Gasteiger partial charge in [-0.3, -0.25) is 38.9 Å². The number of cyclic esters (lactones) is 1. The third kappa shape index (κ3) is 10.6. The van der Waals surface area contributed by atoms with E-state index in [1.807, 2.05) is 39.0 Å². The summed E-state index contributed by atoms with van der Waals surface area (Å²) in [6.45, 7) is 15.0. The lowest BCUT2D eigenvalue weighted by Gasteiger charge is -2.37. The zero-order valence-electron chi connectivity index (χ0n) is 42.1. The third-order valence-corrected chi connectivity index (χ3v) is 14.5. The van der Waals surface area contributed by atoms with Crippen LogP contribution in [-0.2, 0) is 57.6 Å². The summed E-state index contributed by atoms with van der Waals surface area (Å²) in [6.07, 6.45) is 2.96. The molecule has 1 unspecified atom stereocenters. The average molecular weight is 963 g/mol. The highest BCUT2D eigenvalue weighted by Gasteiger charge is 2.48. The van der Waals surface area contributed by atoms with Gasteiger partial charge in [0.25, 0.3) is 5.91 Å². The number of hydrogen-bond donors (Lipinski definition) is 3. The molecule has 4 aliphatic rings. The molecule has 0 spiro atoms.